The Labute approximate surface area is 155 Å². The third-order valence-electron chi connectivity index (χ3n) is 4.17. The van der Waals surface area contributed by atoms with Crippen LogP contribution in [0.2, 0.25) is 0 Å². The smallest absolute Gasteiger partial charge is 0.267 e. The molecule has 0 radical (unpaired) electrons. The second-order valence-corrected chi connectivity index (χ2v) is 6.09. The number of hydroxylamine groups is 1. The predicted octanol–water partition coefficient (Wildman–Crippen LogP) is 2.20. The summed E-state index contributed by atoms with van der Waals surface area (Å²) in [5.74, 6) is -0.890. The fourth-order valence-corrected chi connectivity index (χ4v) is 2.75. The summed E-state index contributed by atoms with van der Waals surface area (Å²) in [6.45, 7) is 0. The van der Waals surface area contributed by atoms with Gasteiger partial charge in [-0.1, -0.05) is 30.3 Å². The number of anilines is 1. The van der Waals surface area contributed by atoms with Crippen molar-refractivity contribution in [2.24, 2.45) is 5.73 Å². The highest BCUT2D eigenvalue weighted by molar-refractivity contribution is 5.95. The average molecular weight is 364 g/mol. The molecule has 0 unspecified atom stereocenters. The van der Waals surface area contributed by atoms with E-state index in [2.05, 4.69) is 10.3 Å². The van der Waals surface area contributed by atoms with Crippen LogP contribution in [0.3, 0.4) is 0 Å². The van der Waals surface area contributed by atoms with Crippen molar-refractivity contribution in [2.75, 3.05) is 5.32 Å². The maximum atomic E-state index is 12.4. The van der Waals surface area contributed by atoms with E-state index in [0.29, 0.717) is 12.1 Å². The van der Waals surface area contributed by atoms with E-state index >= 15 is 0 Å². The molecule has 138 valence electrons. The van der Waals surface area contributed by atoms with Gasteiger partial charge in [0, 0.05) is 28.9 Å². The fourth-order valence-electron chi connectivity index (χ4n) is 2.75. The molecule has 27 heavy (non-hydrogen) atoms. The van der Waals surface area contributed by atoms with Gasteiger partial charge in [-0.2, -0.15) is 0 Å². The molecule has 1 atom stereocenters. The highest BCUT2D eigenvalue weighted by Crippen LogP contribution is 2.19. The van der Waals surface area contributed by atoms with Gasteiger partial charge in [0.15, 0.2) is 0 Å². The number of carbonyl (C=O) groups excluding carboxylic acids is 2. The lowest BCUT2D eigenvalue weighted by molar-refractivity contribution is -0.124. The molecule has 6 N–H and O–H groups in total. The first kappa shape index (κ1) is 18.4. The first-order valence-electron chi connectivity index (χ1n) is 8.40. The molecule has 2 amide bonds. The Hall–Kier alpha value is -3.42. The van der Waals surface area contributed by atoms with Crippen molar-refractivity contribution in [2.45, 2.75) is 12.5 Å². The number of carbonyl (C=O) groups is 2. The standard InChI is InChI=1S/C20H20N4O3/c21-17(11-14-12-22-18-4-2-1-3-16(14)18)20(26)23-15-8-5-13(6-9-15)7-10-19(25)24-27/h1-10,12,17,22,27H,11,21H2,(H,23,26)(H,24,25)/b10-7+/t17-/m0/s1. The summed E-state index contributed by atoms with van der Waals surface area (Å²) in [7, 11) is 0. The number of amides is 2. The van der Waals surface area contributed by atoms with Gasteiger partial charge in [-0.3, -0.25) is 14.8 Å². The van der Waals surface area contributed by atoms with Crippen molar-refractivity contribution in [3.05, 3.63) is 71.9 Å². The van der Waals surface area contributed by atoms with Crippen LogP contribution in [0.4, 0.5) is 5.69 Å². The van der Waals surface area contributed by atoms with Gasteiger partial charge in [-0.25, -0.2) is 5.48 Å². The maximum Gasteiger partial charge on any atom is 0.267 e. The second kappa shape index (κ2) is 8.31. The predicted molar refractivity (Wildman–Crippen MR) is 104 cm³/mol. The van der Waals surface area contributed by atoms with Gasteiger partial charge in [0.1, 0.15) is 0 Å². The lowest BCUT2D eigenvalue weighted by Crippen LogP contribution is -2.37. The molecule has 3 aromatic rings. The number of nitrogens with one attached hydrogen (secondary N) is 3. The van der Waals surface area contributed by atoms with E-state index in [1.165, 1.54) is 11.6 Å². The summed E-state index contributed by atoms with van der Waals surface area (Å²) in [5, 5.41) is 12.3. The van der Waals surface area contributed by atoms with Gasteiger partial charge in [-0.05, 0) is 41.8 Å². The van der Waals surface area contributed by atoms with Crippen molar-refractivity contribution >= 4 is 34.5 Å². The van der Waals surface area contributed by atoms with E-state index in [9.17, 15) is 9.59 Å². The number of para-hydroxylation sites is 1. The van der Waals surface area contributed by atoms with Gasteiger partial charge in [0.2, 0.25) is 5.91 Å². The van der Waals surface area contributed by atoms with Crippen LogP contribution in [0.15, 0.2) is 60.8 Å². The average Bonchev–Trinajstić information content (AvgIpc) is 3.10. The van der Waals surface area contributed by atoms with Crippen molar-refractivity contribution in [3.63, 3.8) is 0 Å². The Balaban J connectivity index is 1.61. The molecule has 0 saturated carbocycles. The number of benzene rings is 2. The lowest BCUT2D eigenvalue weighted by atomic mass is 10.0. The Morgan fingerprint density at radius 1 is 1.15 bits per heavy atom. The van der Waals surface area contributed by atoms with Gasteiger partial charge >= 0.3 is 0 Å². The number of rotatable bonds is 6. The molecule has 0 aliphatic rings. The highest BCUT2D eigenvalue weighted by Gasteiger charge is 2.16. The third kappa shape index (κ3) is 4.60. The molecule has 0 spiro atoms. The first-order valence-corrected chi connectivity index (χ1v) is 8.40. The molecule has 7 nitrogen and oxygen atoms in total. The maximum absolute atomic E-state index is 12.4. The summed E-state index contributed by atoms with van der Waals surface area (Å²) in [5.41, 5.74) is 11.0. The molecule has 3 rings (SSSR count). The Morgan fingerprint density at radius 2 is 1.89 bits per heavy atom. The van der Waals surface area contributed by atoms with Crippen LogP contribution in [0, 0.1) is 0 Å². The molecular formula is C20H20N4O3. The number of aromatic amines is 1. The number of nitrogens with two attached hydrogens (primary N) is 1. The molecule has 0 aliphatic carbocycles. The summed E-state index contributed by atoms with van der Waals surface area (Å²) in [6.07, 6.45) is 5.04. The van der Waals surface area contributed by atoms with Crippen LogP contribution >= 0.6 is 0 Å². The van der Waals surface area contributed by atoms with Gasteiger partial charge in [-0.15, -0.1) is 0 Å². The summed E-state index contributed by atoms with van der Waals surface area (Å²) >= 11 is 0. The van der Waals surface area contributed by atoms with Crippen LogP contribution in [0.1, 0.15) is 11.1 Å². The van der Waals surface area contributed by atoms with Gasteiger partial charge in [0.25, 0.3) is 5.91 Å². The van der Waals surface area contributed by atoms with Crippen LogP contribution in [-0.2, 0) is 16.0 Å². The van der Waals surface area contributed by atoms with Crippen LogP contribution in [0.5, 0.6) is 0 Å². The number of aromatic nitrogens is 1. The quantitative estimate of drug-likeness (QED) is 0.262. The van der Waals surface area contributed by atoms with Crippen molar-refractivity contribution in [1.82, 2.24) is 10.5 Å². The zero-order valence-corrected chi connectivity index (χ0v) is 14.5. The van der Waals surface area contributed by atoms with Gasteiger partial charge < -0.3 is 16.0 Å². The normalized spacial score (nSPS) is 12.2. The van der Waals surface area contributed by atoms with Crippen molar-refractivity contribution in [3.8, 4) is 0 Å². The number of fused-ring (bicyclic) bond motifs is 1. The van der Waals surface area contributed by atoms with Crippen molar-refractivity contribution in [1.29, 1.82) is 0 Å². The monoisotopic (exact) mass is 364 g/mol. The Bertz CT molecular complexity index is 976. The molecule has 1 heterocycles. The highest BCUT2D eigenvalue weighted by atomic mass is 16.5. The van der Waals surface area contributed by atoms with Gasteiger partial charge in [0.05, 0.1) is 6.04 Å². The number of H-pyrrole nitrogens is 1. The number of hydrogen-bond donors (Lipinski definition) is 5. The Morgan fingerprint density at radius 3 is 2.63 bits per heavy atom. The SMILES string of the molecule is N[C@@H](Cc1c[nH]c2ccccc12)C(=O)Nc1ccc(/C=C/C(=O)NO)cc1. The summed E-state index contributed by atoms with van der Waals surface area (Å²) in [4.78, 5) is 26.5. The summed E-state index contributed by atoms with van der Waals surface area (Å²) in [6, 6.07) is 14.1. The van der Waals surface area contributed by atoms with E-state index in [4.69, 9.17) is 10.9 Å². The third-order valence-corrected chi connectivity index (χ3v) is 4.17. The lowest BCUT2D eigenvalue weighted by Gasteiger charge is -2.12. The molecule has 0 saturated heterocycles. The second-order valence-electron chi connectivity index (χ2n) is 6.09. The Kier molecular flexibility index (Phi) is 5.65. The largest absolute Gasteiger partial charge is 0.361 e. The molecule has 1 aromatic heterocycles. The fraction of sp³-hybridized carbons (Fsp3) is 0.100. The zero-order chi connectivity index (χ0) is 19.2. The van der Waals surface area contributed by atoms with E-state index in [1.54, 1.807) is 30.3 Å². The minimum absolute atomic E-state index is 0.275. The van der Waals surface area contributed by atoms with E-state index in [0.717, 1.165) is 22.0 Å². The molecule has 2 aromatic carbocycles. The molecule has 0 fully saturated rings. The first-order chi connectivity index (χ1) is 13.1. The number of hydrogen-bond acceptors (Lipinski definition) is 4. The molecule has 0 aliphatic heterocycles. The minimum Gasteiger partial charge on any atom is -0.361 e. The van der Waals surface area contributed by atoms with Crippen LogP contribution in [0.25, 0.3) is 17.0 Å². The minimum atomic E-state index is -0.683. The van der Waals surface area contributed by atoms with Crippen molar-refractivity contribution < 1.29 is 14.8 Å². The van der Waals surface area contributed by atoms with E-state index in [1.807, 2.05) is 30.5 Å². The van der Waals surface area contributed by atoms with E-state index in [-0.39, 0.29) is 5.91 Å². The summed E-state index contributed by atoms with van der Waals surface area (Å²) < 4.78 is 0. The topological polar surface area (TPSA) is 120 Å². The van der Waals surface area contributed by atoms with Crippen LogP contribution in [-0.4, -0.2) is 28.0 Å². The molecule has 7 heteroatoms. The van der Waals surface area contributed by atoms with E-state index < -0.39 is 11.9 Å². The molecular weight excluding hydrogens is 344 g/mol. The molecule has 0 bridgehead atoms. The van der Waals surface area contributed by atoms with Crippen LogP contribution < -0.4 is 16.5 Å². The zero-order valence-electron chi connectivity index (χ0n) is 14.5.